The number of hydrogen-bond acceptors (Lipinski definition) is 22. The summed E-state index contributed by atoms with van der Waals surface area (Å²) in [6.45, 7) is 9.42. The van der Waals surface area contributed by atoms with Crippen molar-refractivity contribution in [1.82, 2.24) is 21.3 Å². The van der Waals surface area contributed by atoms with Crippen LogP contribution in [0.15, 0.2) is 53.1 Å². The molecule has 7 rings (SSSR count). The van der Waals surface area contributed by atoms with E-state index in [1.54, 1.807) is 26.0 Å². The number of nitrogens with zero attached hydrogens (tertiary/aromatic N) is 3. The number of allylic oxidation sites excluding steroid dienone is 3. The first kappa shape index (κ1) is 79.6. The smallest absolute Gasteiger partial charge is 0.337 e. The second kappa shape index (κ2) is 34.3. The van der Waals surface area contributed by atoms with Crippen LogP contribution in [-0.2, 0) is 44.2 Å². The second-order valence-electron chi connectivity index (χ2n) is 26.6. The van der Waals surface area contributed by atoms with E-state index in [0.717, 1.165) is 51.4 Å². The summed E-state index contributed by atoms with van der Waals surface area (Å²) < 4.78 is 89.0. The zero-order valence-electron chi connectivity index (χ0n) is 55.3. The molecule has 0 saturated carbocycles. The average Bonchev–Trinajstić information content (AvgIpc) is 0.698. The summed E-state index contributed by atoms with van der Waals surface area (Å²) in [7, 11) is -10.6. The standard InChI is InChI=1S/C64H89Cl3N8O20S3/c1-32-25-63(3,4)74-51-34(32)23-36-45(37-24-35-33(2)26-64(5,6)75-52(35)60(98(91,92)93)57(37)95-56(36)59(51)97(88,89)90)46-47(62(86)87)58(50(67)49(66)48(46)65)96-31-44(82)69-22-18-14-16-19-39(77)70-28-42(80)72-29-43(81)71-27-41(79)68-21-17-13-11-9-7-8-10-12-15-20-40(78)73-61-55(85)54(84)53(83)38(30-76)94-61/h23-24,32-33,36,38,45,53-55,61,75-76,83-85H,7-22,25-31H2,1-6H3,(H,68,79)(H,69,82)(H,70,77)(H,71,81)(H,72,80)(H,73,78)(H,86,87)(H,88,89,90)(H,91,92,93)/p-2/t32?,33?,36?,38-,45?,53-,54+,55-,61-/m1/s1. The molecule has 4 aliphatic heterocycles. The molecule has 4 unspecified atom stereocenters. The van der Waals surface area contributed by atoms with E-state index in [-0.39, 0.29) is 63.4 Å². The minimum Gasteiger partial charge on any atom is -0.862 e. The Morgan fingerprint density at radius 1 is 0.724 bits per heavy atom. The van der Waals surface area contributed by atoms with Crippen molar-refractivity contribution in [3.8, 4) is 5.75 Å². The second-order valence-corrected chi connectivity index (χ2v) is 31.4. The number of unbranched alkanes of at least 4 members (excludes halogenated alkanes) is 10. The fourth-order valence-corrected chi connectivity index (χ4v) is 16.7. The molecule has 2 aromatic rings. The highest BCUT2D eigenvalue weighted by Crippen LogP contribution is 2.60. The Hall–Kier alpha value is -5.68. The van der Waals surface area contributed by atoms with Crippen LogP contribution in [-0.4, -0.2) is 185 Å². The van der Waals surface area contributed by atoms with Crippen LogP contribution in [0.1, 0.15) is 183 Å². The van der Waals surface area contributed by atoms with E-state index in [2.05, 4.69) is 36.6 Å². The molecule has 0 spiro atoms. The number of aliphatic imine (C=N–C) groups is 3. The third-order valence-corrected chi connectivity index (χ3v) is 21.9. The first-order chi connectivity index (χ1) is 46.0. The van der Waals surface area contributed by atoms with E-state index in [4.69, 9.17) is 49.3 Å². The number of nitrogens with one attached hydrogen (secondary N) is 5. The van der Waals surface area contributed by atoms with E-state index < -0.39 is 184 Å². The zero-order chi connectivity index (χ0) is 72.4. The number of aliphatic hydroxyl groups excluding tert-OH is 4. The lowest BCUT2D eigenvalue weighted by Gasteiger charge is -2.44. The maximum atomic E-state index is 13.9. The van der Waals surface area contributed by atoms with Crippen LogP contribution < -0.4 is 41.5 Å². The lowest BCUT2D eigenvalue weighted by molar-refractivity contribution is -0.239. The fraction of sp³-hybridized carbons (Fsp3) is 0.625. The molecule has 1 fully saturated rings. The molecule has 544 valence electrons. The molecule has 2 aromatic carbocycles. The van der Waals surface area contributed by atoms with Gasteiger partial charge in [0.1, 0.15) is 36.7 Å². The van der Waals surface area contributed by atoms with E-state index in [1.807, 2.05) is 27.7 Å². The van der Waals surface area contributed by atoms with Gasteiger partial charge < -0.3 is 71.8 Å². The largest absolute Gasteiger partial charge is 0.862 e. The van der Waals surface area contributed by atoms with Gasteiger partial charge in [-0.25, -0.2) is 4.79 Å². The Morgan fingerprint density at radius 3 is 1.90 bits per heavy atom. The number of halogens is 3. The van der Waals surface area contributed by atoms with Gasteiger partial charge in [0.2, 0.25) is 23.6 Å². The van der Waals surface area contributed by atoms with Gasteiger partial charge in [0.15, 0.2) is 21.8 Å². The Balaban J connectivity index is 0.851. The van der Waals surface area contributed by atoms with Crippen molar-refractivity contribution in [1.29, 1.82) is 0 Å². The van der Waals surface area contributed by atoms with Crippen LogP contribution in [0.3, 0.4) is 0 Å². The SMILES string of the molecule is CC1CC(C)(C)N=C2C1=CC1C(=C2S(=O)(=O)O)Oc2c(cc3c(c2S(=O)(=O)O)NC(C)(C)CC3C)C1c1c(Cl)c(Cl)c(Cl)c(SCC(=O)NCCCCCC([O-])=NCC(=O)NCC(=O)NCC(=O)NCCCCCCCCCCCC([O-])=N[C@@H]2O[C@H](CO)[C@@H](O)[C@H](O)[C@H]2O)c1C(=O)O. The number of hydrogen-bond donors (Lipinski definition) is 12. The molecule has 28 nitrogen and oxygen atoms in total. The van der Waals surface area contributed by atoms with Crippen LogP contribution in [0.4, 0.5) is 5.69 Å². The zero-order valence-corrected chi connectivity index (χ0v) is 60.0. The highest BCUT2D eigenvalue weighted by atomic mass is 35.5. The van der Waals surface area contributed by atoms with E-state index in [0.29, 0.717) is 68.0 Å². The third-order valence-electron chi connectivity index (χ3n) is 17.6. The number of thioether (sulfide) groups is 1. The Bertz CT molecular complexity index is 3730. The van der Waals surface area contributed by atoms with Crippen LogP contribution >= 0.6 is 46.6 Å². The van der Waals surface area contributed by atoms with E-state index >= 15 is 0 Å². The minimum atomic E-state index is -5.31. The minimum absolute atomic E-state index is 0.0279. The first-order valence-corrected chi connectivity index (χ1v) is 37.5. The maximum Gasteiger partial charge on any atom is 0.337 e. The first-order valence-electron chi connectivity index (χ1n) is 32.5. The van der Waals surface area contributed by atoms with Gasteiger partial charge in [-0.15, -0.1) is 11.8 Å². The van der Waals surface area contributed by atoms with Crippen molar-refractivity contribution in [2.24, 2.45) is 26.8 Å². The van der Waals surface area contributed by atoms with Crippen molar-refractivity contribution in [2.45, 2.75) is 208 Å². The Labute approximate surface area is 588 Å². The van der Waals surface area contributed by atoms with Crippen LogP contribution in [0, 0.1) is 11.8 Å². The quantitative estimate of drug-likeness (QED) is 0.0111. The number of ether oxygens (including phenoxy) is 2. The highest BCUT2D eigenvalue weighted by molar-refractivity contribution is 8.00. The fourth-order valence-electron chi connectivity index (χ4n) is 13.1. The molecular formula is C64H87Cl3N8O20S3-2. The number of carbonyl (C=O) groups excluding carboxylic acids is 4. The molecule has 4 heterocycles. The van der Waals surface area contributed by atoms with Gasteiger partial charge in [-0.1, -0.05) is 106 Å². The molecule has 1 saturated heterocycles. The lowest BCUT2D eigenvalue weighted by Crippen LogP contribution is -2.58. The number of aromatic carboxylic acids is 1. The molecule has 1 aliphatic carbocycles. The number of rotatable bonds is 33. The summed E-state index contributed by atoms with van der Waals surface area (Å²) in [6, 6.07) is 1.59. The van der Waals surface area contributed by atoms with Gasteiger partial charge in [-0.3, -0.25) is 43.3 Å². The number of carbonyl (C=O) groups is 5. The Morgan fingerprint density at radius 2 is 1.30 bits per heavy atom. The molecule has 5 aliphatic rings. The molecule has 9 atom stereocenters. The van der Waals surface area contributed by atoms with Crippen molar-refractivity contribution >= 4 is 120 Å². The molecule has 12 N–H and O–H groups in total. The number of fused-ring (bicyclic) bond motifs is 4. The number of amides is 4. The number of anilines is 1. The monoisotopic (exact) mass is 1490 g/mol. The van der Waals surface area contributed by atoms with Gasteiger partial charge >= 0.3 is 5.97 Å². The number of benzene rings is 2. The van der Waals surface area contributed by atoms with Crippen molar-refractivity contribution in [3.05, 3.63) is 65.7 Å². The molecule has 4 amide bonds. The molecule has 98 heavy (non-hydrogen) atoms. The van der Waals surface area contributed by atoms with Gasteiger partial charge in [-0.05, 0) is 125 Å². The normalized spacial score (nSPS) is 23.5. The number of carboxylic acids is 1. The number of aliphatic hydroxyl groups is 4. The molecule has 0 radical (unpaired) electrons. The summed E-state index contributed by atoms with van der Waals surface area (Å²) in [6.07, 6.45) is 4.35. The van der Waals surface area contributed by atoms with Gasteiger partial charge in [0.25, 0.3) is 20.2 Å². The Kier molecular flexibility index (Phi) is 27.9. The summed E-state index contributed by atoms with van der Waals surface area (Å²) in [5.74, 6) is -10.2. The van der Waals surface area contributed by atoms with Crippen molar-refractivity contribution in [2.75, 3.05) is 50.4 Å². The van der Waals surface area contributed by atoms with Gasteiger partial charge in [-0.2, -0.15) is 16.8 Å². The van der Waals surface area contributed by atoms with Crippen LogP contribution in [0.5, 0.6) is 5.75 Å². The summed E-state index contributed by atoms with van der Waals surface area (Å²) in [5.41, 5.74) is -1.96. The topological polar surface area (TPSA) is 457 Å². The molecular weight excluding hydrogens is 1400 g/mol. The molecule has 34 heteroatoms. The summed E-state index contributed by atoms with van der Waals surface area (Å²) >= 11 is 21.6. The van der Waals surface area contributed by atoms with Crippen molar-refractivity contribution in [3.63, 3.8) is 0 Å². The average molecular weight is 1490 g/mol. The highest BCUT2D eigenvalue weighted by Gasteiger charge is 2.52. The maximum absolute atomic E-state index is 13.9. The lowest BCUT2D eigenvalue weighted by atomic mass is 9.69. The predicted octanol–water partition coefficient (Wildman–Crippen LogP) is 5.06. The summed E-state index contributed by atoms with van der Waals surface area (Å²) in [5, 5.41) is 87.3. The third kappa shape index (κ3) is 20.3. The van der Waals surface area contributed by atoms with E-state index in [1.165, 1.54) is 0 Å². The van der Waals surface area contributed by atoms with E-state index in [9.17, 15) is 85.7 Å². The predicted molar refractivity (Wildman–Crippen MR) is 364 cm³/mol. The van der Waals surface area contributed by atoms with Crippen LogP contribution in [0.25, 0.3) is 0 Å². The number of carboxylic acid groups (broad SMARTS) is 1. The van der Waals surface area contributed by atoms with Gasteiger partial charge in [0.05, 0.1) is 63.0 Å². The molecule has 0 aromatic heterocycles. The van der Waals surface area contributed by atoms with Crippen LogP contribution in [0.2, 0.25) is 15.1 Å². The van der Waals surface area contributed by atoms with Crippen molar-refractivity contribution < 1.29 is 95.1 Å². The van der Waals surface area contributed by atoms with Gasteiger partial charge in [0, 0.05) is 40.9 Å². The summed E-state index contributed by atoms with van der Waals surface area (Å²) in [4.78, 5) is 74.6. The molecule has 0 bridgehead atoms.